The Balaban J connectivity index is 2.00. The molecule has 0 radical (unpaired) electrons. The van der Waals surface area contributed by atoms with Gasteiger partial charge in [0.05, 0.1) is 0 Å². The number of hydrogen-bond donors (Lipinski definition) is 2. The van der Waals surface area contributed by atoms with E-state index in [1.165, 1.54) is 0 Å². The molecule has 7 heteroatoms. The molecule has 2 aromatic rings. The number of benzene rings is 2. The Morgan fingerprint density at radius 2 is 1.80 bits per heavy atom. The number of carbonyl (C=O) groups excluding carboxylic acids is 1. The van der Waals surface area contributed by atoms with Crippen LogP contribution in [0.15, 0.2) is 53.9 Å². The molecular weight excluding hydrogens is 400 g/mol. The lowest BCUT2D eigenvalue weighted by molar-refractivity contribution is 0.0523. The Morgan fingerprint density at radius 3 is 2.47 bits per heavy atom. The van der Waals surface area contributed by atoms with Gasteiger partial charge in [0.15, 0.2) is 0 Å². The van der Waals surface area contributed by atoms with Crippen molar-refractivity contribution in [3.05, 3.63) is 76.2 Å². The number of amides is 1. The first-order valence-electron chi connectivity index (χ1n) is 9.82. The smallest absolute Gasteiger partial charge is 0.407 e. The van der Waals surface area contributed by atoms with Crippen molar-refractivity contribution in [3.63, 3.8) is 0 Å². The van der Waals surface area contributed by atoms with E-state index >= 15 is 0 Å². The van der Waals surface area contributed by atoms with Crippen LogP contribution in [-0.4, -0.2) is 26.7 Å². The van der Waals surface area contributed by atoms with Crippen molar-refractivity contribution in [2.75, 3.05) is 6.54 Å². The van der Waals surface area contributed by atoms with Crippen molar-refractivity contribution in [1.29, 1.82) is 0 Å². The summed E-state index contributed by atoms with van der Waals surface area (Å²) in [5.41, 5.74) is 2.99. The molecule has 0 aliphatic rings. The molecule has 0 saturated heterocycles. The number of carbonyl (C=O) groups is 1. The molecule has 162 valence electrons. The molecule has 2 rings (SSSR count). The molecule has 0 fully saturated rings. The lowest BCUT2D eigenvalue weighted by atomic mass is 10.0. The Morgan fingerprint density at radius 1 is 1.10 bits per heavy atom. The molecule has 0 aromatic heterocycles. The van der Waals surface area contributed by atoms with Crippen molar-refractivity contribution in [2.45, 2.75) is 46.3 Å². The number of sulfonamides is 1. The van der Waals surface area contributed by atoms with E-state index in [1.807, 2.05) is 55.5 Å². The maximum atomic E-state index is 12.3. The minimum absolute atomic E-state index is 0.232. The van der Waals surface area contributed by atoms with Gasteiger partial charge in [-0.05, 0) is 56.9 Å². The minimum Gasteiger partial charge on any atom is -0.444 e. The summed E-state index contributed by atoms with van der Waals surface area (Å²) in [6.07, 6.45) is 1.64. The van der Waals surface area contributed by atoms with E-state index < -0.39 is 21.7 Å². The Labute approximate surface area is 179 Å². The number of nitrogens with one attached hydrogen (secondary N) is 2. The Kier molecular flexibility index (Phi) is 8.20. The van der Waals surface area contributed by atoms with Crippen LogP contribution in [0.5, 0.6) is 0 Å². The van der Waals surface area contributed by atoms with E-state index in [0.29, 0.717) is 13.0 Å². The second-order valence-corrected chi connectivity index (χ2v) is 9.69. The summed E-state index contributed by atoms with van der Waals surface area (Å²) in [5.74, 6) is 0. The molecular formula is C23H30N2O4S. The molecule has 1 amide bonds. The molecule has 6 nitrogen and oxygen atoms in total. The molecule has 0 atom stereocenters. The first-order chi connectivity index (χ1) is 14.0. The number of hydrogen-bond acceptors (Lipinski definition) is 4. The normalized spacial score (nSPS) is 12.1. The molecule has 0 aliphatic carbocycles. The van der Waals surface area contributed by atoms with Crippen LogP contribution < -0.4 is 10.0 Å². The zero-order valence-electron chi connectivity index (χ0n) is 17.9. The topological polar surface area (TPSA) is 84.5 Å². The van der Waals surface area contributed by atoms with Crippen LogP contribution >= 0.6 is 0 Å². The molecule has 0 heterocycles. The number of ether oxygens (including phenoxy) is 1. The second kappa shape index (κ2) is 10.4. The minimum atomic E-state index is -3.58. The van der Waals surface area contributed by atoms with Gasteiger partial charge in [-0.25, -0.2) is 17.9 Å². The maximum Gasteiger partial charge on any atom is 0.407 e. The lowest BCUT2D eigenvalue weighted by Crippen LogP contribution is -2.32. The standard InChI is InChI=1S/C23H30N2O4S/c1-18-10-11-21(17-24-22(26)29-23(2,3)4)20(16-18)13-15-30(27,28)25-14-12-19-8-6-5-7-9-19/h5-11,13,15-16,25H,12,14,17H2,1-4H3,(H,24,26)/b15-13+. The van der Waals surface area contributed by atoms with Crippen molar-refractivity contribution in [2.24, 2.45) is 0 Å². The zero-order valence-corrected chi connectivity index (χ0v) is 18.8. The number of rotatable bonds is 8. The molecule has 0 spiro atoms. The summed E-state index contributed by atoms with van der Waals surface area (Å²) in [5, 5.41) is 3.86. The predicted octanol–water partition coefficient (Wildman–Crippen LogP) is 4.15. The van der Waals surface area contributed by atoms with Crippen LogP contribution in [0, 0.1) is 6.92 Å². The number of alkyl carbamates (subject to hydrolysis) is 1. The van der Waals surface area contributed by atoms with Gasteiger partial charge in [-0.15, -0.1) is 0 Å². The van der Waals surface area contributed by atoms with Gasteiger partial charge < -0.3 is 10.1 Å². The van der Waals surface area contributed by atoms with Crippen molar-refractivity contribution in [1.82, 2.24) is 10.0 Å². The summed E-state index contributed by atoms with van der Waals surface area (Å²) in [6, 6.07) is 15.3. The van der Waals surface area contributed by atoms with Gasteiger partial charge in [0.1, 0.15) is 5.60 Å². The summed E-state index contributed by atoms with van der Waals surface area (Å²) < 4.78 is 32.5. The molecule has 0 saturated carbocycles. The number of aryl methyl sites for hydroxylation is 1. The van der Waals surface area contributed by atoms with Crippen molar-refractivity contribution in [3.8, 4) is 0 Å². The first-order valence-corrected chi connectivity index (χ1v) is 11.4. The fraction of sp³-hybridized carbons (Fsp3) is 0.348. The summed E-state index contributed by atoms with van der Waals surface area (Å²) in [7, 11) is -3.58. The van der Waals surface area contributed by atoms with E-state index in [9.17, 15) is 13.2 Å². The molecule has 0 unspecified atom stereocenters. The van der Waals surface area contributed by atoms with Crippen molar-refractivity contribution < 1.29 is 17.9 Å². The summed E-state index contributed by atoms with van der Waals surface area (Å²) in [6.45, 7) is 7.86. The van der Waals surface area contributed by atoms with Gasteiger partial charge in [0, 0.05) is 18.5 Å². The monoisotopic (exact) mass is 430 g/mol. The quantitative estimate of drug-likeness (QED) is 0.659. The van der Waals surface area contributed by atoms with Gasteiger partial charge in [0.2, 0.25) is 10.0 Å². The van der Waals surface area contributed by atoms with Gasteiger partial charge in [-0.1, -0.05) is 54.1 Å². The fourth-order valence-electron chi connectivity index (χ4n) is 2.71. The van der Waals surface area contributed by atoms with Gasteiger partial charge in [-0.2, -0.15) is 0 Å². The highest BCUT2D eigenvalue weighted by Crippen LogP contribution is 2.15. The highest BCUT2D eigenvalue weighted by atomic mass is 32.2. The molecule has 2 N–H and O–H groups in total. The third-order valence-electron chi connectivity index (χ3n) is 4.11. The largest absolute Gasteiger partial charge is 0.444 e. The fourth-order valence-corrected chi connectivity index (χ4v) is 3.51. The lowest BCUT2D eigenvalue weighted by Gasteiger charge is -2.20. The van der Waals surface area contributed by atoms with E-state index in [1.54, 1.807) is 26.8 Å². The summed E-state index contributed by atoms with van der Waals surface area (Å²) in [4.78, 5) is 11.9. The van der Waals surface area contributed by atoms with Crippen LogP contribution in [0.25, 0.3) is 6.08 Å². The molecule has 0 aliphatic heterocycles. The second-order valence-electron chi connectivity index (χ2n) is 8.04. The average Bonchev–Trinajstić information content (AvgIpc) is 2.65. The molecule has 0 bridgehead atoms. The van der Waals surface area contributed by atoms with Crippen LogP contribution in [0.2, 0.25) is 0 Å². The van der Waals surface area contributed by atoms with Crippen LogP contribution in [0.4, 0.5) is 4.79 Å². The van der Waals surface area contributed by atoms with Gasteiger partial charge >= 0.3 is 6.09 Å². The average molecular weight is 431 g/mol. The van der Waals surface area contributed by atoms with Gasteiger partial charge in [0.25, 0.3) is 0 Å². The van der Waals surface area contributed by atoms with E-state index in [0.717, 1.165) is 27.7 Å². The van der Waals surface area contributed by atoms with Crippen LogP contribution in [-0.2, 0) is 27.7 Å². The SMILES string of the molecule is Cc1ccc(CNC(=O)OC(C)(C)C)c(/C=C/S(=O)(=O)NCCc2ccccc2)c1. The van der Waals surface area contributed by atoms with E-state index in [4.69, 9.17) is 4.74 Å². The van der Waals surface area contributed by atoms with Gasteiger partial charge in [-0.3, -0.25) is 0 Å². The van der Waals surface area contributed by atoms with Crippen LogP contribution in [0.3, 0.4) is 0 Å². The zero-order chi connectivity index (χ0) is 22.2. The Hall–Kier alpha value is -2.64. The third-order valence-corrected chi connectivity index (χ3v) is 5.21. The highest BCUT2D eigenvalue weighted by Gasteiger charge is 2.16. The molecule has 30 heavy (non-hydrogen) atoms. The predicted molar refractivity (Wildman–Crippen MR) is 120 cm³/mol. The summed E-state index contributed by atoms with van der Waals surface area (Å²) >= 11 is 0. The van der Waals surface area contributed by atoms with Crippen LogP contribution in [0.1, 0.15) is 43.0 Å². The Bertz CT molecular complexity index is 978. The first kappa shape index (κ1) is 23.6. The maximum absolute atomic E-state index is 12.3. The molecule has 2 aromatic carbocycles. The third kappa shape index (κ3) is 8.80. The van der Waals surface area contributed by atoms with Crippen molar-refractivity contribution >= 4 is 22.2 Å². The highest BCUT2D eigenvalue weighted by molar-refractivity contribution is 7.92. The van der Waals surface area contributed by atoms with E-state index in [2.05, 4.69) is 10.0 Å². The van der Waals surface area contributed by atoms with E-state index in [-0.39, 0.29) is 6.54 Å².